The van der Waals surface area contributed by atoms with Crippen LogP contribution in [0.3, 0.4) is 0 Å². The normalized spacial score (nSPS) is 11.2. The molecule has 1 heterocycles. The molecule has 162 valence electrons. The van der Waals surface area contributed by atoms with Gasteiger partial charge in [-0.15, -0.1) is 0 Å². The van der Waals surface area contributed by atoms with Crippen molar-refractivity contribution in [3.63, 3.8) is 0 Å². The Morgan fingerprint density at radius 1 is 1.03 bits per heavy atom. The highest BCUT2D eigenvalue weighted by Gasteiger charge is 2.15. The van der Waals surface area contributed by atoms with E-state index in [4.69, 9.17) is 0 Å². The molecule has 0 saturated carbocycles. The van der Waals surface area contributed by atoms with Gasteiger partial charge in [0.1, 0.15) is 0 Å². The topological polar surface area (TPSA) is 105 Å². The van der Waals surface area contributed by atoms with Gasteiger partial charge in [0.05, 0.1) is 17.4 Å². The van der Waals surface area contributed by atoms with E-state index >= 15 is 0 Å². The second kappa shape index (κ2) is 8.99. The van der Waals surface area contributed by atoms with Crippen LogP contribution >= 0.6 is 0 Å². The molecule has 3 N–H and O–H groups in total. The minimum atomic E-state index is -0.468. The molecular weight excluding hydrogens is 394 g/mol. The van der Waals surface area contributed by atoms with E-state index in [9.17, 15) is 14.4 Å². The number of aromatic nitrogens is 2. The number of carbonyl (C=O) groups is 2. The fourth-order valence-electron chi connectivity index (χ4n) is 3.11. The van der Waals surface area contributed by atoms with Crippen LogP contribution < -0.4 is 21.7 Å². The van der Waals surface area contributed by atoms with Gasteiger partial charge < -0.3 is 5.32 Å². The summed E-state index contributed by atoms with van der Waals surface area (Å²) in [4.78, 5) is 41.5. The van der Waals surface area contributed by atoms with Crippen molar-refractivity contribution in [1.29, 1.82) is 0 Å². The molecule has 2 amide bonds. The molecule has 0 bridgehead atoms. The van der Waals surface area contributed by atoms with Crippen molar-refractivity contribution in [2.45, 2.75) is 39.7 Å². The largest absolute Gasteiger partial charge is 0.343 e. The average Bonchev–Trinajstić information content (AvgIpc) is 2.75. The molecule has 0 spiro atoms. The van der Waals surface area contributed by atoms with Gasteiger partial charge in [0.25, 0.3) is 17.4 Å². The number of hydrazine groups is 1. The number of carbonyl (C=O) groups excluding carboxylic acids is 2. The van der Waals surface area contributed by atoms with Crippen LogP contribution in [0.4, 0.5) is 5.95 Å². The van der Waals surface area contributed by atoms with Crippen molar-refractivity contribution in [2.75, 3.05) is 12.0 Å². The number of rotatable bonds is 6. The van der Waals surface area contributed by atoms with Gasteiger partial charge in [-0.05, 0) is 42.2 Å². The Balaban J connectivity index is 1.60. The molecule has 1 aromatic heterocycles. The van der Waals surface area contributed by atoms with Crippen LogP contribution in [0.5, 0.6) is 0 Å². The van der Waals surface area contributed by atoms with Crippen molar-refractivity contribution >= 4 is 28.7 Å². The predicted molar refractivity (Wildman–Crippen MR) is 121 cm³/mol. The SMILES string of the molecule is CCn1c(NNC(=O)CNC(=O)c2ccc(C(C)(C)C)cc2)nc2ccccc2c1=O. The lowest BCUT2D eigenvalue weighted by molar-refractivity contribution is -0.119. The third-order valence-electron chi connectivity index (χ3n) is 4.91. The third kappa shape index (κ3) is 5.09. The Kier molecular flexibility index (Phi) is 6.39. The zero-order valence-electron chi connectivity index (χ0n) is 18.2. The molecule has 8 heteroatoms. The smallest absolute Gasteiger partial charge is 0.262 e. The Bertz CT molecular complexity index is 1160. The number of para-hydroxylation sites is 1. The highest BCUT2D eigenvalue weighted by atomic mass is 16.2. The number of fused-ring (bicyclic) bond motifs is 1. The molecule has 0 saturated heterocycles. The molecular formula is C23H27N5O3. The number of benzene rings is 2. The van der Waals surface area contributed by atoms with Crippen LogP contribution in [0.1, 0.15) is 43.6 Å². The number of nitrogens with one attached hydrogen (secondary N) is 3. The van der Waals surface area contributed by atoms with Crippen LogP contribution in [0.15, 0.2) is 53.3 Å². The standard InChI is InChI=1S/C23H27N5O3/c1-5-28-21(31)17-8-6-7-9-18(17)25-22(28)27-26-19(29)14-24-20(30)15-10-12-16(13-11-15)23(2,3)4/h6-13H,5,14H2,1-4H3,(H,24,30)(H,25,27)(H,26,29). The van der Waals surface area contributed by atoms with Gasteiger partial charge in [0, 0.05) is 12.1 Å². The number of anilines is 1. The second-order valence-electron chi connectivity index (χ2n) is 8.19. The Labute approximate surface area is 180 Å². The van der Waals surface area contributed by atoms with Gasteiger partial charge in [-0.1, -0.05) is 45.0 Å². The van der Waals surface area contributed by atoms with E-state index in [-0.39, 0.29) is 29.4 Å². The minimum absolute atomic E-state index is 0.00330. The van der Waals surface area contributed by atoms with Crippen molar-refractivity contribution < 1.29 is 9.59 Å². The molecule has 31 heavy (non-hydrogen) atoms. The lowest BCUT2D eigenvalue weighted by Crippen LogP contribution is -2.41. The quantitative estimate of drug-likeness (QED) is 0.531. The molecule has 0 aliphatic rings. The highest BCUT2D eigenvalue weighted by molar-refractivity contribution is 5.96. The van der Waals surface area contributed by atoms with E-state index in [1.807, 2.05) is 19.1 Å². The van der Waals surface area contributed by atoms with Gasteiger partial charge in [-0.2, -0.15) is 0 Å². The van der Waals surface area contributed by atoms with Crippen LogP contribution in [0.25, 0.3) is 10.9 Å². The van der Waals surface area contributed by atoms with Crippen LogP contribution in [0.2, 0.25) is 0 Å². The van der Waals surface area contributed by atoms with E-state index in [0.717, 1.165) is 5.56 Å². The van der Waals surface area contributed by atoms with Crippen molar-refractivity contribution in [3.8, 4) is 0 Å². The van der Waals surface area contributed by atoms with E-state index in [0.29, 0.717) is 23.0 Å². The first-order chi connectivity index (χ1) is 14.7. The van der Waals surface area contributed by atoms with Crippen LogP contribution in [-0.2, 0) is 16.8 Å². The Morgan fingerprint density at radius 3 is 2.35 bits per heavy atom. The summed E-state index contributed by atoms with van der Waals surface area (Å²) in [7, 11) is 0. The van der Waals surface area contributed by atoms with Crippen molar-refractivity contribution in [2.24, 2.45) is 0 Å². The monoisotopic (exact) mass is 421 g/mol. The van der Waals surface area contributed by atoms with E-state index in [2.05, 4.69) is 41.9 Å². The minimum Gasteiger partial charge on any atom is -0.343 e. The first kappa shape index (κ1) is 22.0. The summed E-state index contributed by atoms with van der Waals surface area (Å²) < 4.78 is 1.43. The summed E-state index contributed by atoms with van der Waals surface area (Å²) >= 11 is 0. The van der Waals surface area contributed by atoms with Crippen molar-refractivity contribution in [3.05, 3.63) is 70.0 Å². The highest BCUT2D eigenvalue weighted by Crippen LogP contribution is 2.22. The fourth-order valence-corrected chi connectivity index (χ4v) is 3.11. The summed E-state index contributed by atoms with van der Waals surface area (Å²) in [6.45, 7) is 8.27. The first-order valence-corrected chi connectivity index (χ1v) is 10.1. The molecule has 2 aromatic carbocycles. The molecule has 0 aliphatic carbocycles. The van der Waals surface area contributed by atoms with E-state index in [1.165, 1.54) is 4.57 Å². The number of hydrogen-bond donors (Lipinski definition) is 3. The molecule has 0 radical (unpaired) electrons. The molecule has 3 aromatic rings. The molecule has 0 unspecified atom stereocenters. The maximum atomic E-state index is 12.6. The third-order valence-corrected chi connectivity index (χ3v) is 4.91. The second-order valence-corrected chi connectivity index (χ2v) is 8.19. The maximum Gasteiger partial charge on any atom is 0.262 e. The lowest BCUT2D eigenvalue weighted by atomic mass is 9.87. The van der Waals surface area contributed by atoms with Gasteiger partial charge in [0.2, 0.25) is 5.95 Å². The zero-order chi connectivity index (χ0) is 22.6. The van der Waals surface area contributed by atoms with Gasteiger partial charge in [-0.3, -0.25) is 29.8 Å². The van der Waals surface area contributed by atoms with Gasteiger partial charge in [0.15, 0.2) is 0 Å². The molecule has 0 fully saturated rings. The number of amides is 2. The summed E-state index contributed by atoms with van der Waals surface area (Å²) in [5.74, 6) is -0.585. The van der Waals surface area contributed by atoms with Gasteiger partial charge >= 0.3 is 0 Å². The zero-order valence-corrected chi connectivity index (χ0v) is 18.2. The fraction of sp³-hybridized carbons (Fsp3) is 0.304. The van der Waals surface area contributed by atoms with Crippen molar-refractivity contribution in [1.82, 2.24) is 20.3 Å². The molecule has 3 rings (SSSR count). The Morgan fingerprint density at radius 2 is 1.71 bits per heavy atom. The Hall–Kier alpha value is -3.68. The van der Waals surface area contributed by atoms with Crippen LogP contribution in [0, 0.1) is 0 Å². The summed E-state index contributed by atoms with van der Waals surface area (Å²) in [5.41, 5.74) is 7.09. The van der Waals surface area contributed by atoms with Gasteiger partial charge in [-0.25, -0.2) is 4.98 Å². The maximum absolute atomic E-state index is 12.6. The lowest BCUT2D eigenvalue weighted by Gasteiger charge is -2.19. The molecule has 0 aliphatic heterocycles. The summed E-state index contributed by atoms with van der Waals surface area (Å²) in [5, 5.41) is 3.09. The molecule has 0 atom stereocenters. The van der Waals surface area contributed by atoms with Crippen LogP contribution in [-0.4, -0.2) is 27.9 Å². The number of nitrogens with zero attached hydrogens (tertiary/aromatic N) is 2. The van der Waals surface area contributed by atoms with E-state index < -0.39 is 5.91 Å². The van der Waals surface area contributed by atoms with E-state index in [1.54, 1.807) is 36.4 Å². The average molecular weight is 422 g/mol. The predicted octanol–water partition coefficient (Wildman–Crippen LogP) is 2.59. The summed E-state index contributed by atoms with van der Waals surface area (Å²) in [6.07, 6.45) is 0. The number of hydrogen-bond acceptors (Lipinski definition) is 5. The first-order valence-electron chi connectivity index (χ1n) is 10.1. The summed E-state index contributed by atoms with van der Waals surface area (Å²) in [6, 6.07) is 14.3. The molecule has 8 nitrogen and oxygen atoms in total.